The smallest absolute Gasteiger partial charge is 0.116 e. The Bertz CT molecular complexity index is 280. The third-order valence-corrected chi connectivity index (χ3v) is 3.38. The third kappa shape index (κ3) is 2.27. The van der Waals surface area contributed by atoms with Crippen molar-refractivity contribution >= 4 is 11.5 Å². The first-order chi connectivity index (χ1) is 6.68. The van der Waals surface area contributed by atoms with Crippen LogP contribution < -0.4 is 5.73 Å². The molecule has 14 heavy (non-hydrogen) atoms. The molecule has 1 aliphatic carbocycles. The average Bonchev–Trinajstić information content (AvgIpc) is 2.63. The Morgan fingerprint density at radius 2 is 2.29 bits per heavy atom. The van der Waals surface area contributed by atoms with Gasteiger partial charge >= 0.3 is 0 Å². The Morgan fingerprint density at radius 1 is 1.57 bits per heavy atom. The van der Waals surface area contributed by atoms with Gasteiger partial charge in [-0.2, -0.15) is 0 Å². The van der Waals surface area contributed by atoms with E-state index in [1.165, 1.54) is 11.5 Å². The van der Waals surface area contributed by atoms with Crippen molar-refractivity contribution in [2.75, 3.05) is 0 Å². The molecule has 1 aromatic heterocycles. The quantitative estimate of drug-likeness (QED) is 0.816. The van der Waals surface area contributed by atoms with Crippen LogP contribution in [0.3, 0.4) is 0 Å². The van der Waals surface area contributed by atoms with Crippen molar-refractivity contribution in [1.29, 1.82) is 0 Å². The van der Waals surface area contributed by atoms with E-state index in [4.69, 9.17) is 5.73 Å². The van der Waals surface area contributed by atoms with Crippen LogP contribution in [0.2, 0.25) is 0 Å². The van der Waals surface area contributed by atoms with E-state index in [1.54, 1.807) is 0 Å². The molecule has 78 valence electrons. The Morgan fingerprint density at radius 3 is 2.86 bits per heavy atom. The van der Waals surface area contributed by atoms with Crippen LogP contribution in [0.5, 0.6) is 0 Å². The minimum Gasteiger partial charge on any atom is -0.328 e. The lowest BCUT2D eigenvalue weighted by molar-refractivity contribution is 0.0984. The summed E-state index contributed by atoms with van der Waals surface area (Å²) in [7, 11) is 0. The molecule has 0 amide bonds. The zero-order chi connectivity index (χ0) is 10.0. The van der Waals surface area contributed by atoms with Crippen LogP contribution in [0.25, 0.3) is 0 Å². The van der Waals surface area contributed by atoms with E-state index in [0.29, 0.717) is 19.3 Å². The van der Waals surface area contributed by atoms with Crippen molar-refractivity contribution in [3.63, 3.8) is 0 Å². The van der Waals surface area contributed by atoms with Gasteiger partial charge in [-0.3, -0.25) is 0 Å². The molecule has 0 aliphatic heterocycles. The molecule has 0 saturated heterocycles. The molecule has 3 nitrogen and oxygen atoms in total. The minimum absolute atomic E-state index is 0.187. The van der Waals surface area contributed by atoms with Crippen LogP contribution in [-0.2, 0) is 6.42 Å². The summed E-state index contributed by atoms with van der Waals surface area (Å²) in [6.07, 6.45) is 3.09. The van der Waals surface area contributed by atoms with E-state index in [2.05, 4.69) is 9.59 Å². The number of rotatable bonds is 2. The number of halogens is 1. The maximum atomic E-state index is 14.2. The molecule has 0 atom stereocenters. The van der Waals surface area contributed by atoms with Crippen LogP contribution in [0.15, 0.2) is 5.38 Å². The van der Waals surface area contributed by atoms with Gasteiger partial charge < -0.3 is 5.73 Å². The Balaban J connectivity index is 1.96. The topological polar surface area (TPSA) is 51.8 Å². The number of hydrogen-bond donors (Lipinski definition) is 1. The number of hydrogen-bond acceptors (Lipinski definition) is 4. The summed E-state index contributed by atoms with van der Waals surface area (Å²) in [5, 5.41) is 5.69. The van der Waals surface area contributed by atoms with E-state index >= 15 is 0 Å². The molecule has 1 saturated carbocycles. The molecule has 1 aromatic rings. The molecule has 2 rings (SSSR count). The summed E-state index contributed by atoms with van der Waals surface area (Å²) in [6.45, 7) is 0. The van der Waals surface area contributed by atoms with Gasteiger partial charge in [-0.1, -0.05) is 4.49 Å². The van der Waals surface area contributed by atoms with Crippen LogP contribution >= 0.6 is 11.5 Å². The molecule has 1 fully saturated rings. The van der Waals surface area contributed by atoms with Crippen molar-refractivity contribution in [3.05, 3.63) is 11.1 Å². The van der Waals surface area contributed by atoms with Crippen molar-refractivity contribution in [1.82, 2.24) is 9.59 Å². The number of alkyl halides is 1. The second kappa shape index (κ2) is 3.90. The SMILES string of the molecule is NC1CCC(F)(Cc2csnn2)CC1. The van der Waals surface area contributed by atoms with Crippen LogP contribution in [-0.4, -0.2) is 21.3 Å². The first-order valence-corrected chi connectivity index (χ1v) is 5.72. The van der Waals surface area contributed by atoms with Gasteiger partial charge in [0.1, 0.15) is 5.67 Å². The van der Waals surface area contributed by atoms with Gasteiger partial charge in [0.25, 0.3) is 0 Å². The fourth-order valence-corrected chi connectivity index (χ4v) is 2.37. The maximum Gasteiger partial charge on any atom is 0.116 e. The van der Waals surface area contributed by atoms with Gasteiger partial charge in [-0.05, 0) is 37.2 Å². The monoisotopic (exact) mass is 215 g/mol. The van der Waals surface area contributed by atoms with Crippen molar-refractivity contribution in [3.8, 4) is 0 Å². The second-order valence-corrected chi connectivity index (χ2v) is 4.67. The first-order valence-electron chi connectivity index (χ1n) is 4.88. The van der Waals surface area contributed by atoms with Crippen LogP contribution in [0.1, 0.15) is 31.4 Å². The van der Waals surface area contributed by atoms with E-state index in [0.717, 1.165) is 18.5 Å². The van der Waals surface area contributed by atoms with Gasteiger partial charge in [0.2, 0.25) is 0 Å². The van der Waals surface area contributed by atoms with Gasteiger partial charge in [-0.15, -0.1) is 5.10 Å². The lowest BCUT2D eigenvalue weighted by atomic mass is 9.81. The van der Waals surface area contributed by atoms with E-state index < -0.39 is 5.67 Å². The minimum atomic E-state index is -1.09. The standard InChI is InChI=1S/C9H14FN3S/c10-9(3-1-7(11)2-4-9)5-8-6-14-13-12-8/h6-7H,1-5,11H2. The molecule has 0 unspecified atom stereocenters. The predicted octanol–water partition coefficient (Wildman–Crippen LogP) is 1.69. The number of aromatic nitrogens is 2. The number of nitrogens with two attached hydrogens (primary N) is 1. The fourth-order valence-electron chi connectivity index (χ4n) is 1.92. The summed E-state index contributed by atoms with van der Waals surface area (Å²) in [5.74, 6) is 0. The Labute approximate surface area is 86.7 Å². The van der Waals surface area contributed by atoms with E-state index in [1.807, 2.05) is 5.38 Å². The highest BCUT2D eigenvalue weighted by Crippen LogP contribution is 2.34. The Hall–Kier alpha value is -0.550. The molecule has 0 spiro atoms. The highest BCUT2D eigenvalue weighted by atomic mass is 32.1. The van der Waals surface area contributed by atoms with Crippen molar-refractivity contribution in [2.24, 2.45) is 5.73 Å². The molecule has 2 N–H and O–H groups in total. The van der Waals surface area contributed by atoms with Gasteiger partial charge in [0.05, 0.1) is 5.69 Å². The highest BCUT2D eigenvalue weighted by Gasteiger charge is 2.34. The zero-order valence-electron chi connectivity index (χ0n) is 7.95. The van der Waals surface area contributed by atoms with E-state index in [9.17, 15) is 4.39 Å². The average molecular weight is 215 g/mol. The highest BCUT2D eigenvalue weighted by molar-refractivity contribution is 7.03. The lowest BCUT2D eigenvalue weighted by Crippen LogP contribution is -2.37. The normalized spacial score (nSPS) is 33.1. The molecule has 0 radical (unpaired) electrons. The molecular formula is C9H14FN3S. The number of nitrogens with zero attached hydrogens (tertiary/aromatic N) is 2. The molecule has 0 aromatic carbocycles. The molecule has 5 heteroatoms. The molecule has 0 bridgehead atoms. The van der Waals surface area contributed by atoms with Crippen LogP contribution in [0, 0.1) is 0 Å². The lowest BCUT2D eigenvalue weighted by Gasteiger charge is -2.31. The zero-order valence-corrected chi connectivity index (χ0v) is 8.76. The van der Waals surface area contributed by atoms with Crippen LogP contribution in [0.4, 0.5) is 4.39 Å². The maximum absolute atomic E-state index is 14.2. The van der Waals surface area contributed by atoms with Gasteiger partial charge in [0, 0.05) is 17.8 Å². The molecular weight excluding hydrogens is 201 g/mol. The summed E-state index contributed by atoms with van der Waals surface area (Å²) in [5.41, 5.74) is 5.42. The van der Waals surface area contributed by atoms with Gasteiger partial charge in [0.15, 0.2) is 0 Å². The van der Waals surface area contributed by atoms with E-state index in [-0.39, 0.29) is 6.04 Å². The second-order valence-electron chi connectivity index (χ2n) is 4.06. The molecule has 1 aliphatic rings. The Kier molecular flexibility index (Phi) is 2.78. The predicted molar refractivity (Wildman–Crippen MR) is 53.9 cm³/mol. The van der Waals surface area contributed by atoms with Gasteiger partial charge in [-0.25, -0.2) is 4.39 Å². The largest absolute Gasteiger partial charge is 0.328 e. The molecule has 1 heterocycles. The summed E-state index contributed by atoms with van der Waals surface area (Å²) in [4.78, 5) is 0. The van der Waals surface area contributed by atoms with Crippen molar-refractivity contribution < 1.29 is 4.39 Å². The third-order valence-electron chi connectivity index (χ3n) is 2.83. The first kappa shape index (κ1) is 9.98. The van der Waals surface area contributed by atoms with Crippen molar-refractivity contribution in [2.45, 2.75) is 43.8 Å². The summed E-state index contributed by atoms with van der Waals surface area (Å²) in [6, 6.07) is 0.187. The fraction of sp³-hybridized carbons (Fsp3) is 0.778. The summed E-state index contributed by atoms with van der Waals surface area (Å²) >= 11 is 1.27. The summed E-state index contributed by atoms with van der Waals surface area (Å²) < 4.78 is 17.9.